The molecule has 0 spiro atoms. The van der Waals surface area contributed by atoms with Crippen LogP contribution in [0.15, 0.2) is 0 Å². The van der Waals surface area contributed by atoms with E-state index in [1.54, 1.807) is 32.1 Å². The maximum atomic E-state index is 2.52. The van der Waals surface area contributed by atoms with Crippen molar-refractivity contribution in [1.82, 2.24) is 0 Å². The Kier molecular flexibility index (Phi) is 6.13. The van der Waals surface area contributed by atoms with Gasteiger partial charge in [0.2, 0.25) is 0 Å². The summed E-state index contributed by atoms with van der Waals surface area (Å²) < 4.78 is 0. The van der Waals surface area contributed by atoms with Crippen molar-refractivity contribution < 1.29 is 0 Å². The third-order valence-electron chi connectivity index (χ3n) is 8.50. The minimum Gasteiger partial charge on any atom is -0.0625 e. The van der Waals surface area contributed by atoms with Gasteiger partial charge < -0.3 is 0 Å². The first-order valence-electron chi connectivity index (χ1n) is 11.0. The first kappa shape index (κ1) is 17.8. The molecule has 0 aromatic heterocycles. The Morgan fingerprint density at radius 2 is 1.04 bits per heavy atom. The average molecular weight is 319 g/mol. The van der Waals surface area contributed by atoms with Gasteiger partial charge in [-0.05, 0) is 79.4 Å². The lowest BCUT2D eigenvalue weighted by atomic mass is 9.62. The van der Waals surface area contributed by atoms with Crippen LogP contribution in [0.25, 0.3) is 0 Å². The van der Waals surface area contributed by atoms with Crippen molar-refractivity contribution in [3.05, 3.63) is 0 Å². The Bertz CT molecular complexity index is 331. The Hall–Kier alpha value is 0. The third-order valence-corrected chi connectivity index (χ3v) is 8.50. The summed E-state index contributed by atoms with van der Waals surface area (Å²) in [6.07, 6.45) is 17.0. The van der Waals surface area contributed by atoms with E-state index in [4.69, 9.17) is 0 Å². The molecular weight excluding hydrogens is 276 g/mol. The molecule has 0 aromatic rings. The van der Waals surface area contributed by atoms with Gasteiger partial charge in [0.15, 0.2) is 0 Å². The molecule has 3 aliphatic rings. The molecule has 0 heterocycles. The normalized spacial score (nSPS) is 49.0. The van der Waals surface area contributed by atoms with Gasteiger partial charge in [-0.3, -0.25) is 0 Å². The molecule has 0 amide bonds. The van der Waals surface area contributed by atoms with E-state index in [1.807, 2.05) is 0 Å². The highest BCUT2D eigenvalue weighted by atomic mass is 14.4. The fraction of sp³-hybridized carbons (Fsp3) is 1.00. The summed E-state index contributed by atoms with van der Waals surface area (Å²) >= 11 is 0. The van der Waals surface area contributed by atoms with Crippen LogP contribution in [0.5, 0.6) is 0 Å². The van der Waals surface area contributed by atoms with E-state index in [2.05, 4.69) is 27.7 Å². The second-order valence-electron chi connectivity index (χ2n) is 10.2. The summed E-state index contributed by atoms with van der Waals surface area (Å²) in [6.45, 7) is 9.98. The predicted molar refractivity (Wildman–Crippen MR) is 101 cm³/mol. The molecule has 3 saturated carbocycles. The van der Waals surface area contributed by atoms with E-state index < -0.39 is 0 Å². The molecule has 2 unspecified atom stereocenters. The van der Waals surface area contributed by atoms with Crippen LogP contribution in [0.4, 0.5) is 0 Å². The van der Waals surface area contributed by atoms with Gasteiger partial charge in [-0.15, -0.1) is 0 Å². The smallest absolute Gasteiger partial charge is 0.0381 e. The minimum atomic E-state index is 0.955. The topological polar surface area (TPSA) is 0 Å². The summed E-state index contributed by atoms with van der Waals surface area (Å²) in [5, 5.41) is 0. The van der Waals surface area contributed by atoms with E-state index in [0.717, 1.165) is 47.3 Å². The lowest BCUT2D eigenvalue weighted by Crippen LogP contribution is -2.33. The van der Waals surface area contributed by atoms with Crippen molar-refractivity contribution in [3.63, 3.8) is 0 Å². The first-order chi connectivity index (χ1) is 11.0. The number of rotatable bonds is 3. The molecule has 0 nitrogen and oxygen atoms in total. The lowest BCUT2D eigenvalue weighted by molar-refractivity contribution is 0.0744. The van der Waals surface area contributed by atoms with Crippen LogP contribution in [-0.4, -0.2) is 0 Å². The Balaban J connectivity index is 1.42. The minimum absolute atomic E-state index is 0.955. The highest BCUT2D eigenvalue weighted by molar-refractivity contribution is 4.86. The molecule has 134 valence electrons. The molecule has 0 N–H and O–H groups in total. The van der Waals surface area contributed by atoms with Gasteiger partial charge in [0, 0.05) is 0 Å². The van der Waals surface area contributed by atoms with Gasteiger partial charge in [0.25, 0.3) is 0 Å². The average Bonchev–Trinajstić information content (AvgIpc) is 2.55. The summed E-state index contributed by atoms with van der Waals surface area (Å²) in [4.78, 5) is 0. The molecule has 3 rings (SSSR count). The zero-order valence-corrected chi connectivity index (χ0v) is 16.4. The summed E-state index contributed by atoms with van der Waals surface area (Å²) in [7, 11) is 0. The summed E-state index contributed by atoms with van der Waals surface area (Å²) in [6, 6.07) is 0. The maximum Gasteiger partial charge on any atom is -0.0381 e. The van der Waals surface area contributed by atoms with Crippen molar-refractivity contribution in [2.24, 2.45) is 47.3 Å². The zero-order valence-electron chi connectivity index (χ0n) is 16.4. The van der Waals surface area contributed by atoms with E-state index in [9.17, 15) is 0 Å². The molecule has 0 heteroatoms. The van der Waals surface area contributed by atoms with Crippen molar-refractivity contribution >= 4 is 0 Å². The zero-order chi connectivity index (χ0) is 16.4. The van der Waals surface area contributed by atoms with E-state index >= 15 is 0 Å². The second-order valence-corrected chi connectivity index (χ2v) is 10.2. The fourth-order valence-corrected chi connectivity index (χ4v) is 6.36. The molecule has 0 radical (unpaired) electrons. The van der Waals surface area contributed by atoms with Crippen molar-refractivity contribution in [1.29, 1.82) is 0 Å². The van der Waals surface area contributed by atoms with Crippen LogP contribution in [-0.2, 0) is 0 Å². The molecule has 0 aliphatic heterocycles. The Morgan fingerprint density at radius 3 is 1.57 bits per heavy atom. The highest BCUT2D eigenvalue weighted by Crippen LogP contribution is 2.46. The molecule has 2 atom stereocenters. The molecule has 23 heavy (non-hydrogen) atoms. The van der Waals surface area contributed by atoms with Crippen LogP contribution in [0, 0.1) is 47.3 Å². The monoisotopic (exact) mass is 318 g/mol. The Morgan fingerprint density at radius 1 is 0.565 bits per heavy atom. The maximum absolute atomic E-state index is 2.52. The third kappa shape index (κ3) is 4.55. The van der Waals surface area contributed by atoms with Gasteiger partial charge >= 0.3 is 0 Å². The first-order valence-corrected chi connectivity index (χ1v) is 11.0. The van der Waals surface area contributed by atoms with Crippen LogP contribution in [0.2, 0.25) is 0 Å². The standard InChI is InChI=1S/C23H42/c1-16-5-7-20(8-6-16)15-21-9-11-22(12-10-21)23-13-17(2)19(4)18(3)14-23/h16-23H,5-15H2,1-4H3. The van der Waals surface area contributed by atoms with Crippen LogP contribution < -0.4 is 0 Å². The molecule has 3 aliphatic carbocycles. The fourth-order valence-electron chi connectivity index (χ4n) is 6.36. The van der Waals surface area contributed by atoms with Crippen LogP contribution in [0.1, 0.15) is 98.3 Å². The van der Waals surface area contributed by atoms with E-state index in [1.165, 1.54) is 38.5 Å². The van der Waals surface area contributed by atoms with Crippen molar-refractivity contribution in [3.8, 4) is 0 Å². The van der Waals surface area contributed by atoms with Crippen molar-refractivity contribution in [2.75, 3.05) is 0 Å². The second kappa shape index (κ2) is 7.92. The SMILES string of the molecule is CC1CCC(CC2CCC(C3CC(C)C(C)C(C)C3)CC2)CC1. The van der Waals surface area contributed by atoms with Crippen LogP contribution >= 0.6 is 0 Å². The predicted octanol–water partition coefficient (Wildman–Crippen LogP) is 7.33. The lowest BCUT2D eigenvalue weighted by Gasteiger charge is -2.43. The van der Waals surface area contributed by atoms with Gasteiger partial charge in [0.1, 0.15) is 0 Å². The quantitative estimate of drug-likeness (QED) is 0.511. The number of hydrogen-bond donors (Lipinski definition) is 0. The number of hydrogen-bond acceptors (Lipinski definition) is 0. The molecule has 0 aromatic carbocycles. The molecule has 0 saturated heterocycles. The highest BCUT2D eigenvalue weighted by Gasteiger charge is 2.36. The summed E-state index contributed by atoms with van der Waals surface area (Å²) in [5.41, 5.74) is 0. The van der Waals surface area contributed by atoms with Gasteiger partial charge in [-0.1, -0.05) is 66.2 Å². The summed E-state index contributed by atoms with van der Waals surface area (Å²) in [5.74, 6) is 8.21. The van der Waals surface area contributed by atoms with E-state index in [0.29, 0.717) is 0 Å². The van der Waals surface area contributed by atoms with E-state index in [-0.39, 0.29) is 0 Å². The Labute approximate surface area is 146 Å². The van der Waals surface area contributed by atoms with Gasteiger partial charge in [0.05, 0.1) is 0 Å². The van der Waals surface area contributed by atoms with Crippen LogP contribution in [0.3, 0.4) is 0 Å². The van der Waals surface area contributed by atoms with Gasteiger partial charge in [-0.25, -0.2) is 0 Å². The molecule has 0 bridgehead atoms. The molecular formula is C23H42. The largest absolute Gasteiger partial charge is 0.0625 e. The van der Waals surface area contributed by atoms with Gasteiger partial charge in [-0.2, -0.15) is 0 Å². The molecule has 3 fully saturated rings. The van der Waals surface area contributed by atoms with Crippen molar-refractivity contribution in [2.45, 2.75) is 98.3 Å².